The van der Waals surface area contributed by atoms with Crippen LogP contribution in [-0.4, -0.2) is 31.9 Å². The fraction of sp³-hybridized carbons (Fsp3) is 0.250. The topological polar surface area (TPSA) is 30.9 Å². The van der Waals surface area contributed by atoms with Crippen LogP contribution in [0.5, 0.6) is 17.2 Å². The van der Waals surface area contributed by atoms with E-state index in [1.807, 2.05) is 0 Å². The van der Waals surface area contributed by atoms with Crippen LogP contribution in [0.4, 0.5) is 39.5 Å². The lowest BCUT2D eigenvalue weighted by atomic mass is 10.1. The summed E-state index contributed by atoms with van der Waals surface area (Å²) in [5.41, 5.74) is 0. The molecule has 3 aromatic rings. The van der Waals surface area contributed by atoms with Gasteiger partial charge in [-0.2, -0.15) is 0 Å². The summed E-state index contributed by atoms with van der Waals surface area (Å²) in [5.74, 6) is -18.5. The lowest BCUT2D eigenvalue weighted by Gasteiger charge is -2.18. The summed E-state index contributed by atoms with van der Waals surface area (Å²) in [6.07, 6.45) is 0. The van der Waals surface area contributed by atoms with Crippen molar-refractivity contribution in [2.24, 2.45) is 0 Å². The quantitative estimate of drug-likeness (QED) is 0.215. The molecule has 0 bridgehead atoms. The molecule has 0 aliphatic carbocycles. The molecule has 0 N–H and O–H groups in total. The Kier molecular flexibility index (Phi) is 11.2. The maximum absolute atomic E-state index is 13.9. The highest BCUT2D eigenvalue weighted by Crippen LogP contribution is 2.29. The number of rotatable bonds is 9. The first-order valence-corrected chi connectivity index (χ1v) is 11.1. The van der Waals surface area contributed by atoms with Gasteiger partial charge in [0, 0.05) is 36.4 Å². The number of halogens is 9. The molecule has 0 radical (unpaired) electrons. The predicted molar refractivity (Wildman–Crippen MR) is 120 cm³/mol. The Bertz CT molecular complexity index is 1030. The van der Waals surface area contributed by atoms with Crippen molar-refractivity contribution >= 4 is 7.32 Å². The summed E-state index contributed by atoms with van der Waals surface area (Å²) >= 11 is 0. The molecular formula is C24H21BF9NO3. The number of hydrogen-bond donors (Lipinski definition) is 0. The highest BCUT2D eigenvalue weighted by atomic mass is 19.2. The first-order chi connectivity index (χ1) is 17.9. The van der Waals surface area contributed by atoms with E-state index in [1.54, 1.807) is 0 Å². The molecule has 0 aliphatic rings. The van der Waals surface area contributed by atoms with Gasteiger partial charge in [-0.15, -0.1) is 0 Å². The van der Waals surface area contributed by atoms with Crippen molar-refractivity contribution in [2.75, 3.05) is 19.6 Å². The molecule has 0 aromatic heterocycles. The van der Waals surface area contributed by atoms with Gasteiger partial charge in [0.1, 0.15) is 17.5 Å². The molecule has 0 saturated heterocycles. The van der Waals surface area contributed by atoms with Gasteiger partial charge in [-0.1, -0.05) is 20.8 Å². The number of nitrogens with zero attached hydrogens (tertiary/aromatic N) is 1. The molecule has 0 unspecified atom stereocenters. The Morgan fingerprint density at radius 2 is 0.684 bits per heavy atom. The molecule has 0 aliphatic heterocycles. The minimum absolute atomic E-state index is 0.146. The largest absolute Gasteiger partial charge is 0.864 e. The first kappa shape index (κ1) is 30.7. The Balaban J connectivity index is 0.000000638. The summed E-state index contributed by atoms with van der Waals surface area (Å²) in [5, 5.41) is 0. The summed E-state index contributed by atoms with van der Waals surface area (Å²) in [6.45, 7) is 10.1. The van der Waals surface area contributed by atoms with Crippen LogP contribution in [0.25, 0.3) is 0 Å². The molecular weight excluding hydrogens is 532 g/mol. The average molecular weight is 553 g/mol. The fourth-order valence-electron chi connectivity index (χ4n) is 2.96. The number of hydrogen-bond acceptors (Lipinski definition) is 4. The third-order valence-corrected chi connectivity index (χ3v) is 4.87. The predicted octanol–water partition coefficient (Wildman–Crippen LogP) is 6.81. The maximum atomic E-state index is 13.9. The monoisotopic (exact) mass is 553 g/mol. The van der Waals surface area contributed by atoms with Crippen molar-refractivity contribution in [2.45, 2.75) is 20.8 Å². The van der Waals surface area contributed by atoms with Crippen LogP contribution in [0, 0.1) is 52.4 Å². The zero-order valence-corrected chi connectivity index (χ0v) is 20.2. The second-order valence-electron chi connectivity index (χ2n) is 7.36. The van der Waals surface area contributed by atoms with Crippen LogP contribution in [0.1, 0.15) is 20.8 Å². The smallest absolute Gasteiger partial charge is 0.484 e. The van der Waals surface area contributed by atoms with Crippen molar-refractivity contribution in [1.29, 1.82) is 0 Å². The van der Waals surface area contributed by atoms with Gasteiger partial charge in [0.25, 0.3) is 0 Å². The Morgan fingerprint density at radius 1 is 0.474 bits per heavy atom. The van der Waals surface area contributed by atoms with Crippen LogP contribution < -0.4 is 14.0 Å². The standard InChI is InChI=1S/C18H6BF9O3.C6H15N/c20-7-1-10(23)16(11(24)2-7)29-19(30-17-12(25)3-8(21)4-13(17)26)31-18-14(27)5-9(22)6-15(18)28;1-4-7(5-2)6-3/h1-6H;4-6H2,1-3H3. The third-order valence-electron chi connectivity index (χ3n) is 4.87. The zero-order valence-electron chi connectivity index (χ0n) is 20.2. The van der Waals surface area contributed by atoms with E-state index in [0.717, 1.165) is 0 Å². The minimum atomic E-state index is -2.72. The van der Waals surface area contributed by atoms with Crippen molar-refractivity contribution in [1.82, 2.24) is 4.90 Å². The van der Waals surface area contributed by atoms with E-state index in [-0.39, 0.29) is 36.4 Å². The van der Waals surface area contributed by atoms with E-state index < -0.39 is 76.9 Å². The number of benzene rings is 3. The van der Waals surface area contributed by atoms with Crippen LogP contribution in [0.2, 0.25) is 0 Å². The Hall–Kier alpha value is -3.55. The van der Waals surface area contributed by atoms with Gasteiger partial charge in [-0.25, -0.2) is 39.5 Å². The summed E-state index contributed by atoms with van der Waals surface area (Å²) in [4.78, 5) is 2.38. The molecule has 3 aromatic carbocycles. The molecule has 0 fully saturated rings. The Morgan fingerprint density at radius 3 is 0.842 bits per heavy atom. The van der Waals surface area contributed by atoms with E-state index in [2.05, 4.69) is 39.6 Å². The highest BCUT2D eigenvalue weighted by molar-refractivity contribution is 6.39. The van der Waals surface area contributed by atoms with E-state index in [9.17, 15) is 39.5 Å². The average Bonchev–Trinajstić information content (AvgIpc) is 2.81. The van der Waals surface area contributed by atoms with Gasteiger partial charge in [-0.3, -0.25) is 0 Å². The molecule has 14 heteroatoms. The molecule has 0 saturated carbocycles. The van der Waals surface area contributed by atoms with E-state index >= 15 is 0 Å². The van der Waals surface area contributed by atoms with Gasteiger partial charge in [0.05, 0.1) is 0 Å². The summed E-state index contributed by atoms with van der Waals surface area (Å²) < 4.78 is 136. The minimum Gasteiger partial charge on any atom is -0.484 e. The normalized spacial score (nSPS) is 10.7. The van der Waals surface area contributed by atoms with Gasteiger partial charge in [0.15, 0.2) is 52.2 Å². The Labute approximate surface area is 212 Å². The van der Waals surface area contributed by atoms with Crippen LogP contribution in [0.3, 0.4) is 0 Å². The zero-order chi connectivity index (χ0) is 28.6. The molecule has 0 atom stereocenters. The van der Waals surface area contributed by atoms with Crippen LogP contribution in [-0.2, 0) is 0 Å². The van der Waals surface area contributed by atoms with Gasteiger partial charge in [0.2, 0.25) is 0 Å². The van der Waals surface area contributed by atoms with Crippen molar-refractivity contribution in [3.05, 3.63) is 88.8 Å². The van der Waals surface area contributed by atoms with Gasteiger partial charge >= 0.3 is 7.32 Å². The molecule has 0 amide bonds. The van der Waals surface area contributed by atoms with Crippen LogP contribution >= 0.6 is 0 Å². The molecule has 0 heterocycles. The van der Waals surface area contributed by atoms with Gasteiger partial charge in [-0.05, 0) is 19.6 Å². The molecule has 4 nitrogen and oxygen atoms in total. The lowest BCUT2D eigenvalue weighted by molar-refractivity contribution is 0.267. The molecule has 206 valence electrons. The van der Waals surface area contributed by atoms with E-state index in [0.29, 0.717) is 0 Å². The molecule has 0 spiro atoms. The second kappa shape index (κ2) is 13.8. The maximum Gasteiger partial charge on any atom is 0.864 e. The third kappa shape index (κ3) is 8.23. The van der Waals surface area contributed by atoms with E-state index in [1.165, 1.54) is 19.6 Å². The fourth-order valence-corrected chi connectivity index (χ4v) is 2.96. The van der Waals surface area contributed by atoms with Crippen molar-refractivity contribution < 1.29 is 53.5 Å². The van der Waals surface area contributed by atoms with Crippen molar-refractivity contribution in [3.8, 4) is 17.2 Å². The van der Waals surface area contributed by atoms with Crippen molar-refractivity contribution in [3.63, 3.8) is 0 Å². The second-order valence-corrected chi connectivity index (χ2v) is 7.36. The highest BCUT2D eigenvalue weighted by Gasteiger charge is 2.37. The summed E-state index contributed by atoms with van der Waals surface area (Å²) in [6, 6.07) is 0.879. The first-order valence-electron chi connectivity index (χ1n) is 11.1. The molecule has 38 heavy (non-hydrogen) atoms. The lowest BCUT2D eigenvalue weighted by Crippen LogP contribution is -2.38. The van der Waals surface area contributed by atoms with E-state index in [4.69, 9.17) is 0 Å². The molecule has 3 rings (SSSR count). The SMILES string of the molecule is CCN(CC)CC.Fc1cc(F)c(OB(Oc2c(F)cc(F)cc2F)Oc2c(F)cc(F)cc2F)c(F)c1. The van der Waals surface area contributed by atoms with Crippen LogP contribution in [0.15, 0.2) is 36.4 Å². The summed E-state index contributed by atoms with van der Waals surface area (Å²) in [7, 11) is -2.72. The van der Waals surface area contributed by atoms with Gasteiger partial charge < -0.3 is 18.9 Å².